The number of aryl methyl sites for hydroxylation is 1. The number of halogens is 1. The van der Waals surface area contributed by atoms with Crippen LogP contribution in [0.5, 0.6) is 0 Å². The van der Waals surface area contributed by atoms with Crippen LogP contribution in [-0.2, 0) is 6.42 Å². The summed E-state index contributed by atoms with van der Waals surface area (Å²) < 4.78 is 13.6. The fourth-order valence-corrected chi connectivity index (χ4v) is 2.59. The summed E-state index contributed by atoms with van der Waals surface area (Å²) in [7, 11) is 0. The van der Waals surface area contributed by atoms with Crippen molar-refractivity contribution >= 4 is 0 Å². The highest BCUT2D eigenvalue weighted by Crippen LogP contribution is 2.20. The van der Waals surface area contributed by atoms with Gasteiger partial charge in [0.15, 0.2) is 0 Å². The lowest BCUT2D eigenvalue weighted by Gasteiger charge is -2.19. The number of benzene rings is 2. The van der Waals surface area contributed by atoms with Crippen LogP contribution in [0.1, 0.15) is 43.4 Å². The summed E-state index contributed by atoms with van der Waals surface area (Å²) >= 11 is 0. The molecule has 0 fully saturated rings. The minimum Gasteiger partial charge on any atom is -0.310 e. The fraction of sp³-hybridized carbons (Fsp3) is 0.368. The van der Waals surface area contributed by atoms with Crippen LogP contribution in [0.3, 0.4) is 0 Å². The molecule has 112 valence electrons. The van der Waals surface area contributed by atoms with E-state index < -0.39 is 0 Å². The van der Waals surface area contributed by atoms with Crippen molar-refractivity contribution in [3.63, 3.8) is 0 Å². The fourth-order valence-electron chi connectivity index (χ4n) is 2.59. The highest BCUT2D eigenvalue weighted by Gasteiger charge is 2.10. The predicted octanol–water partition coefficient (Wildman–Crippen LogP) is 4.89. The van der Waals surface area contributed by atoms with Gasteiger partial charge in [-0.25, -0.2) is 4.39 Å². The zero-order valence-corrected chi connectivity index (χ0v) is 12.7. The third-order valence-electron chi connectivity index (χ3n) is 3.74. The van der Waals surface area contributed by atoms with Gasteiger partial charge in [0, 0.05) is 6.04 Å². The molecule has 1 unspecified atom stereocenters. The van der Waals surface area contributed by atoms with Gasteiger partial charge in [0.05, 0.1) is 0 Å². The molecule has 2 heteroatoms. The van der Waals surface area contributed by atoms with Crippen molar-refractivity contribution in [2.75, 3.05) is 6.54 Å². The molecule has 0 amide bonds. The Morgan fingerprint density at radius 1 is 1.00 bits per heavy atom. The lowest BCUT2D eigenvalue weighted by molar-refractivity contribution is 0.481. The van der Waals surface area contributed by atoms with Crippen molar-refractivity contribution in [3.8, 4) is 0 Å². The Morgan fingerprint density at radius 3 is 2.43 bits per heavy atom. The number of nitrogens with one attached hydrogen (secondary N) is 1. The van der Waals surface area contributed by atoms with Crippen LogP contribution in [-0.4, -0.2) is 6.54 Å². The first-order valence-corrected chi connectivity index (χ1v) is 7.83. The second-order valence-corrected chi connectivity index (χ2v) is 5.40. The van der Waals surface area contributed by atoms with E-state index in [4.69, 9.17) is 0 Å². The highest BCUT2D eigenvalue weighted by atomic mass is 19.1. The summed E-state index contributed by atoms with van der Waals surface area (Å²) in [6, 6.07) is 18.0. The predicted molar refractivity (Wildman–Crippen MR) is 86.8 cm³/mol. The van der Waals surface area contributed by atoms with Gasteiger partial charge in [-0.15, -0.1) is 0 Å². The molecule has 2 aromatic carbocycles. The molecular weight excluding hydrogens is 261 g/mol. The van der Waals surface area contributed by atoms with Gasteiger partial charge in [-0.2, -0.15) is 0 Å². The zero-order valence-electron chi connectivity index (χ0n) is 12.7. The molecule has 0 spiro atoms. The van der Waals surface area contributed by atoms with E-state index in [0.29, 0.717) is 6.04 Å². The minimum atomic E-state index is -0.0877. The molecule has 0 aromatic heterocycles. The number of hydrogen-bond donors (Lipinski definition) is 1. The Balaban J connectivity index is 1.92. The maximum Gasteiger partial charge on any atom is 0.126 e. The van der Waals surface area contributed by atoms with Gasteiger partial charge in [-0.05, 0) is 49.4 Å². The van der Waals surface area contributed by atoms with Crippen molar-refractivity contribution in [2.45, 2.75) is 38.6 Å². The molecule has 1 N–H and O–H groups in total. The van der Waals surface area contributed by atoms with Crippen LogP contribution in [0, 0.1) is 5.82 Å². The van der Waals surface area contributed by atoms with E-state index in [0.717, 1.165) is 37.8 Å². The molecule has 0 heterocycles. The topological polar surface area (TPSA) is 12.0 Å². The summed E-state index contributed by atoms with van der Waals surface area (Å²) in [4.78, 5) is 0. The largest absolute Gasteiger partial charge is 0.310 e. The second kappa shape index (κ2) is 8.58. The van der Waals surface area contributed by atoms with Crippen molar-refractivity contribution in [3.05, 3.63) is 71.5 Å². The molecule has 21 heavy (non-hydrogen) atoms. The summed E-state index contributed by atoms with van der Waals surface area (Å²) in [5, 5.41) is 3.59. The van der Waals surface area contributed by atoms with E-state index in [9.17, 15) is 4.39 Å². The lowest BCUT2D eigenvalue weighted by atomic mass is 9.98. The molecule has 0 aliphatic rings. The van der Waals surface area contributed by atoms with Gasteiger partial charge in [-0.1, -0.05) is 55.5 Å². The molecule has 0 aliphatic carbocycles. The first-order valence-electron chi connectivity index (χ1n) is 7.83. The van der Waals surface area contributed by atoms with E-state index in [1.165, 1.54) is 5.56 Å². The summed E-state index contributed by atoms with van der Waals surface area (Å²) in [6.07, 6.45) is 3.93. The van der Waals surface area contributed by atoms with Crippen LogP contribution in [0.2, 0.25) is 0 Å². The van der Waals surface area contributed by atoms with E-state index in [1.54, 1.807) is 12.1 Å². The van der Waals surface area contributed by atoms with Crippen LogP contribution >= 0.6 is 0 Å². The third-order valence-corrected chi connectivity index (χ3v) is 3.74. The number of hydrogen-bond acceptors (Lipinski definition) is 1. The van der Waals surface area contributed by atoms with Gasteiger partial charge >= 0.3 is 0 Å². The van der Waals surface area contributed by atoms with Crippen LogP contribution in [0.25, 0.3) is 0 Å². The van der Waals surface area contributed by atoms with E-state index in [-0.39, 0.29) is 5.82 Å². The first kappa shape index (κ1) is 15.7. The maximum absolute atomic E-state index is 13.6. The summed E-state index contributed by atoms with van der Waals surface area (Å²) in [5.41, 5.74) is 2.14. The molecule has 0 aliphatic heterocycles. The lowest BCUT2D eigenvalue weighted by Crippen LogP contribution is -2.22. The molecule has 2 rings (SSSR count). The summed E-state index contributed by atoms with van der Waals surface area (Å²) in [6.45, 7) is 3.19. The summed E-state index contributed by atoms with van der Waals surface area (Å²) in [5.74, 6) is -0.0877. The van der Waals surface area contributed by atoms with E-state index in [2.05, 4.69) is 36.5 Å². The van der Waals surface area contributed by atoms with Crippen molar-refractivity contribution in [2.24, 2.45) is 0 Å². The van der Waals surface area contributed by atoms with Gasteiger partial charge < -0.3 is 5.32 Å². The quantitative estimate of drug-likeness (QED) is 0.728. The van der Waals surface area contributed by atoms with Gasteiger partial charge in [-0.3, -0.25) is 0 Å². The van der Waals surface area contributed by atoms with E-state index >= 15 is 0 Å². The molecule has 1 atom stereocenters. The number of rotatable bonds is 8. The maximum atomic E-state index is 13.6. The van der Waals surface area contributed by atoms with Crippen molar-refractivity contribution in [1.29, 1.82) is 0 Å². The monoisotopic (exact) mass is 285 g/mol. The van der Waals surface area contributed by atoms with Crippen LogP contribution < -0.4 is 5.32 Å². The van der Waals surface area contributed by atoms with E-state index in [1.807, 2.05) is 18.2 Å². The first-order chi connectivity index (χ1) is 10.3. The normalized spacial score (nSPS) is 12.3. The molecule has 1 nitrogen and oxygen atoms in total. The molecule has 0 saturated heterocycles. The average molecular weight is 285 g/mol. The Hall–Kier alpha value is -1.67. The SMILES string of the molecule is CCCNC(CCCc1ccccc1F)c1ccccc1. The average Bonchev–Trinajstić information content (AvgIpc) is 2.53. The Kier molecular flexibility index (Phi) is 6.42. The third kappa shape index (κ3) is 4.98. The van der Waals surface area contributed by atoms with Crippen LogP contribution in [0.15, 0.2) is 54.6 Å². The molecule has 2 aromatic rings. The van der Waals surface area contributed by atoms with Crippen molar-refractivity contribution in [1.82, 2.24) is 5.32 Å². The molecule has 0 radical (unpaired) electrons. The minimum absolute atomic E-state index is 0.0877. The van der Waals surface area contributed by atoms with Crippen molar-refractivity contribution < 1.29 is 4.39 Å². The molecule has 0 saturated carbocycles. The Labute approximate surface area is 127 Å². The smallest absolute Gasteiger partial charge is 0.126 e. The van der Waals surface area contributed by atoms with Gasteiger partial charge in [0.1, 0.15) is 5.82 Å². The second-order valence-electron chi connectivity index (χ2n) is 5.40. The van der Waals surface area contributed by atoms with Gasteiger partial charge in [0.2, 0.25) is 0 Å². The highest BCUT2D eigenvalue weighted by molar-refractivity contribution is 5.20. The Morgan fingerprint density at radius 2 is 1.71 bits per heavy atom. The Bertz CT molecular complexity index is 524. The molecular formula is C19H24FN. The zero-order chi connectivity index (χ0) is 14.9. The van der Waals surface area contributed by atoms with Gasteiger partial charge in [0.25, 0.3) is 0 Å². The standard InChI is InChI=1S/C19H24FN/c1-2-15-21-19(17-10-4-3-5-11-17)14-8-12-16-9-6-7-13-18(16)20/h3-7,9-11,13,19,21H,2,8,12,14-15H2,1H3. The van der Waals surface area contributed by atoms with Crippen LogP contribution in [0.4, 0.5) is 4.39 Å². The molecule has 0 bridgehead atoms.